The lowest BCUT2D eigenvalue weighted by Gasteiger charge is -2.21. The van der Waals surface area contributed by atoms with Crippen molar-refractivity contribution in [2.24, 2.45) is 0 Å². The third-order valence-electron chi connectivity index (χ3n) is 3.76. The molecule has 0 unspecified atom stereocenters. The molecule has 2 aliphatic rings. The molecule has 96 valence electrons. The number of halogens is 1. The van der Waals surface area contributed by atoms with E-state index in [1.54, 1.807) is 4.90 Å². The molecule has 0 bridgehead atoms. The summed E-state index contributed by atoms with van der Waals surface area (Å²) in [5.41, 5.74) is 1.36. The molecule has 2 fully saturated rings. The Morgan fingerprint density at radius 2 is 1.83 bits per heavy atom. The van der Waals surface area contributed by atoms with E-state index in [1.165, 1.54) is 6.07 Å². The molecule has 0 spiro atoms. The molecule has 2 saturated heterocycles. The quantitative estimate of drug-likeness (QED) is 0.803. The Hall–Kier alpha value is -1.58. The summed E-state index contributed by atoms with van der Waals surface area (Å²) in [5, 5.41) is 0. The second-order valence-corrected chi connectivity index (χ2v) is 4.98. The van der Waals surface area contributed by atoms with Crippen molar-refractivity contribution in [1.82, 2.24) is 0 Å². The van der Waals surface area contributed by atoms with E-state index in [0.29, 0.717) is 24.3 Å². The highest BCUT2D eigenvalue weighted by atomic mass is 19.1. The minimum atomic E-state index is -0.214. The second kappa shape index (κ2) is 4.59. The van der Waals surface area contributed by atoms with Gasteiger partial charge in [0.05, 0.1) is 5.69 Å². The molecule has 1 aromatic carbocycles. The molecule has 0 N–H and O–H groups in total. The van der Waals surface area contributed by atoms with Crippen LogP contribution in [0, 0.1) is 5.82 Å². The average Bonchev–Trinajstić information content (AvgIpc) is 2.99. The van der Waals surface area contributed by atoms with E-state index in [1.807, 2.05) is 12.1 Å². The molecular formula is C14H17FN2O. The predicted octanol–water partition coefficient (Wildman–Crippen LogP) is 2.55. The second-order valence-electron chi connectivity index (χ2n) is 4.98. The van der Waals surface area contributed by atoms with Crippen LogP contribution in [0.4, 0.5) is 15.8 Å². The average molecular weight is 248 g/mol. The van der Waals surface area contributed by atoms with Crippen molar-refractivity contribution in [1.29, 1.82) is 0 Å². The molecule has 3 rings (SSSR count). The zero-order valence-electron chi connectivity index (χ0n) is 10.4. The molecule has 0 radical (unpaired) electrons. The lowest BCUT2D eigenvalue weighted by Crippen LogP contribution is -2.24. The molecule has 0 aliphatic carbocycles. The molecule has 3 nitrogen and oxygen atoms in total. The summed E-state index contributed by atoms with van der Waals surface area (Å²) in [4.78, 5) is 15.4. The van der Waals surface area contributed by atoms with Crippen molar-refractivity contribution in [2.45, 2.75) is 25.7 Å². The molecule has 1 aromatic rings. The van der Waals surface area contributed by atoms with Crippen LogP contribution in [0.5, 0.6) is 0 Å². The van der Waals surface area contributed by atoms with Crippen molar-refractivity contribution in [3.63, 3.8) is 0 Å². The molecule has 2 heterocycles. The van der Waals surface area contributed by atoms with E-state index in [2.05, 4.69) is 4.90 Å². The number of benzene rings is 1. The molecule has 18 heavy (non-hydrogen) atoms. The van der Waals surface area contributed by atoms with E-state index in [4.69, 9.17) is 0 Å². The van der Waals surface area contributed by atoms with Gasteiger partial charge in [-0.3, -0.25) is 4.79 Å². The van der Waals surface area contributed by atoms with E-state index in [-0.39, 0.29) is 11.7 Å². The highest BCUT2D eigenvalue weighted by molar-refractivity contribution is 5.95. The first-order valence-electron chi connectivity index (χ1n) is 6.60. The Kier molecular flexibility index (Phi) is 2.94. The zero-order valence-corrected chi connectivity index (χ0v) is 10.4. The summed E-state index contributed by atoms with van der Waals surface area (Å²) in [6.45, 7) is 2.57. The number of hydrogen-bond acceptors (Lipinski definition) is 2. The van der Waals surface area contributed by atoms with Gasteiger partial charge in [-0.2, -0.15) is 0 Å². The summed E-state index contributed by atoms with van der Waals surface area (Å²) in [6, 6.07) is 5.17. The van der Waals surface area contributed by atoms with Gasteiger partial charge < -0.3 is 9.80 Å². The minimum absolute atomic E-state index is 0.100. The van der Waals surface area contributed by atoms with Gasteiger partial charge in [-0.15, -0.1) is 0 Å². The number of amides is 1. The Balaban J connectivity index is 1.86. The number of anilines is 2. The highest BCUT2D eigenvalue weighted by Gasteiger charge is 2.23. The maximum Gasteiger partial charge on any atom is 0.227 e. The first kappa shape index (κ1) is 11.5. The number of hydrogen-bond donors (Lipinski definition) is 0. The lowest BCUT2D eigenvalue weighted by atomic mass is 10.2. The van der Waals surface area contributed by atoms with Gasteiger partial charge in [-0.25, -0.2) is 4.39 Å². The van der Waals surface area contributed by atoms with E-state index in [0.717, 1.165) is 32.4 Å². The van der Waals surface area contributed by atoms with Crippen LogP contribution in [-0.4, -0.2) is 25.5 Å². The van der Waals surface area contributed by atoms with Crippen molar-refractivity contribution < 1.29 is 9.18 Å². The first-order chi connectivity index (χ1) is 8.75. The standard InChI is InChI=1S/C14H17FN2O/c15-12-10-11(17-9-3-4-14(17)18)5-6-13(12)16-7-1-2-8-16/h5-6,10H,1-4,7-9H2. The van der Waals surface area contributed by atoms with Gasteiger partial charge in [0.25, 0.3) is 0 Å². The van der Waals surface area contributed by atoms with Crippen molar-refractivity contribution in [3.05, 3.63) is 24.0 Å². The topological polar surface area (TPSA) is 23.6 Å². The number of carbonyl (C=O) groups excluding carboxylic acids is 1. The summed E-state index contributed by atoms with van der Waals surface area (Å²) < 4.78 is 14.1. The van der Waals surface area contributed by atoms with Crippen LogP contribution in [0.2, 0.25) is 0 Å². The maximum absolute atomic E-state index is 14.1. The van der Waals surface area contributed by atoms with Gasteiger partial charge in [-0.05, 0) is 37.5 Å². The van der Waals surface area contributed by atoms with Crippen molar-refractivity contribution in [2.75, 3.05) is 29.4 Å². The SMILES string of the molecule is O=C1CCCN1c1ccc(N2CCCC2)c(F)c1. The number of nitrogens with zero attached hydrogens (tertiary/aromatic N) is 2. The molecule has 0 atom stereocenters. The fourth-order valence-electron chi connectivity index (χ4n) is 2.80. The van der Waals surface area contributed by atoms with Gasteiger partial charge in [0.15, 0.2) is 0 Å². The van der Waals surface area contributed by atoms with Gasteiger partial charge in [0, 0.05) is 31.7 Å². The largest absolute Gasteiger partial charge is 0.369 e. The predicted molar refractivity (Wildman–Crippen MR) is 69.4 cm³/mol. The van der Waals surface area contributed by atoms with E-state index in [9.17, 15) is 9.18 Å². The van der Waals surface area contributed by atoms with Gasteiger partial charge in [0.1, 0.15) is 5.82 Å². The lowest BCUT2D eigenvalue weighted by molar-refractivity contribution is -0.117. The molecule has 4 heteroatoms. The van der Waals surface area contributed by atoms with Crippen LogP contribution in [0.25, 0.3) is 0 Å². The van der Waals surface area contributed by atoms with E-state index < -0.39 is 0 Å². The summed E-state index contributed by atoms with van der Waals surface area (Å²) in [7, 11) is 0. The molecule has 0 aromatic heterocycles. The van der Waals surface area contributed by atoms with Crippen LogP contribution in [0.15, 0.2) is 18.2 Å². The van der Waals surface area contributed by atoms with Crippen LogP contribution < -0.4 is 9.80 Å². The summed E-state index contributed by atoms with van der Waals surface area (Å²) in [6.07, 6.45) is 3.71. The van der Waals surface area contributed by atoms with Crippen LogP contribution in [0.3, 0.4) is 0 Å². The highest BCUT2D eigenvalue weighted by Crippen LogP contribution is 2.29. The maximum atomic E-state index is 14.1. The van der Waals surface area contributed by atoms with Crippen molar-refractivity contribution >= 4 is 17.3 Å². The Morgan fingerprint density at radius 3 is 2.44 bits per heavy atom. The van der Waals surface area contributed by atoms with Crippen LogP contribution >= 0.6 is 0 Å². The summed E-state index contributed by atoms with van der Waals surface area (Å²) in [5.74, 6) is -0.113. The zero-order chi connectivity index (χ0) is 12.5. The van der Waals surface area contributed by atoms with Crippen LogP contribution in [-0.2, 0) is 4.79 Å². The Morgan fingerprint density at radius 1 is 1.06 bits per heavy atom. The fraction of sp³-hybridized carbons (Fsp3) is 0.500. The smallest absolute Gasteiger partial charge is 0.227 e. The third-order valence-corrected chi connectivity index (χ3v) is 3.76. The van der Waals surface area contributed by atoms with Crippen LogP contribution in [0.1, 0.15) is 25.7 Å². The van der Waals surface area contributed by atoms with E-state index >= 15 is 0 Å². The molecule has 0 saturated carbocycles. The van der Waals surface area contributed by atoms with Gasteiger partial charge in [0.2, 0.25) is 5.91 Å². The monoisotopic (exact) mass is 248 g/mol. The van der Waals surface area contributed by atoms with Crippen molar-refractivity contribution in [3.8, 4) is 0 Å². The molecule has 1 amide bonds. The minimum Gasteiger partial charge on any atom is -0.369 e. The first-order valence-corrected chi connectivity index (χ1v) is 6.60. The van der Waals surface area contributed by atoms with Gasteiger partial charge in [-0.1, -0.05) is 0 Å². The number of rotatable bonds is 2. The van der Waals surface area contributed by atoms with Gasteiger partial charge >= 0.3 is 0 Å². The molecular weight excluding hydrogens is 231 g/mol. The Labute approximate surface area is 106 Å². The normalized spacial score (nSPS) is 19.9. The number of carbonyl (C=O) groups is 1. The Bertz CT molecular complexity index is 469. The third kappa shape index (κ3) is 1.96. The fourth-order valence-corrected chi connectivity index (χ4v) is 2.80. The molecule has 2 aliphatic heterocycles. The summed E-state index contributed by atoms with van der Waals surface area (Å²) >= 11 is 0.